The molecule has 190 valence electrons. The zero-order valence-electron chi connectivity index (χ0n) is 20.5. The lowest BCUT2D eigenvalue weighted by atomic mass is 9.87. The second-order valence-corrected chi connectivity index (χ2v) is 8.86. The first-order chi connectivity index (χ1) is 17.4. The highest BCUT2D eigenvalue weighted by Crippen LogP contribution is 2.31. The third-order valence-electron chi connectivity index (χ3n) is 6.33. The number of carboxylic acid groups (broad SMARTS) is 1. The molecule has 1 aliphatic rings. The number of aromatic nitrogens is 4. The van der Waals surface area contributed by atoms with Crippen LogP contribution in [-0.2, 0) is 36.2 Å². The van der Waals surface area contributed by atoms with Crippen LogP contribution in [0.3, 0.4) is 0 Å². The second kappa shape index (κ2) is 11.7. The van der Waals surface area contributed by atoms with E-state index in [1.54, 1.807) is 11.7 Å². The number of carbonyl (C=O) groups is 2. The molecule has 1 aliphatic carbocycles. The van der Waals surface area contributed by atoms with Crippen molar-refractivity contribution in [1.29, 1.82) is 0 Å². The summed E-state index contributed by atoms with van der Waals surface area (Å²) in [5, 5.41) is 20.5. The molecule has 1 fully saturated rings. The molecule has 0 radical (unpaired) electrons. The van der Waals surface area contributed by atoms with Gasteiger partial charge in [-0.3, -0.25) is 4.79 Å². The fraction of sp³-hybridized carbons (Fsp3) is 0.423. The number of pyridine rings is 1. The summed E-state index contributed by atoms with van der Waals surface area (Å²) in [7, 11) is 1.75. The highest BCUT2D eigenvalue weighted by atomic mass is 16.5. The number of aryl methyl sites for hydroxylation is 2. The van der Waals surface area contributed by atoms with E-state index in [9.17, 15) is 14.7 Å². The van der Waals surface area contributed by atoms with Crippen LogP contribution in [0.5, 0.6) is 5.75 Å². The smallest absolute Gasteiger partial charge is 0.407 e. The van der Waals surface area contributed by atoms with Gasteiger partial charge in [-0.1, -0.05) is 42.5 Å². The predicted octanol–water partition coefficient (Wildman–Crippen LogP) is 3.89. The second-order valence-electron chi connectivity index (χ2n) is 8.86. The summed E-state index contributed by atoms with van der Waals surface area (Å²) < 4.78 is 13.1. The molecular weight excluding hydrogens is 462 g/mol. The molecule has 10 nitrogen and oxygen atoms in total. The Morgan fingerprint density at radius 1 is 1.17 bits per heavy atom. The number of nitrogens with one attached hydrogen (secondary N) is 1. The number of alkyl carbamates (subject to hydrolysis) is 1. The van der Waals surface area contributed by atoms with Gasteiger partial charge < -0.3 is 19.9 Å². The van der Waals surface area contributed by atoms with Gasteiger partial charge in [-0.2, -0.15) is 0 Å². The topological polar surface area (TPSA) is 128 Å². The van der Waals surface area contributed by atoms with E-state index in [1.807, 2.05) is 49.4 Å². The minimum Gasteiger partial charge on any atom is -0.488 e. The largest absolute Gasteiger partial charge is 0.488 e. The van der Waals surface area contributed by atoms with Crippen LogP contribution in [0, 0.1) is 5.92 Å². The first-order valence-electron chi connectivity index (χ1n) is 12.2. The van der Waals surface area contributed by atoms with Crippen molar-refractivity contribution >= 4 is 12.1 Å². The van der Waals surface area contributed by atoms with Gasteiger partial charge in [0.1, 0.15) is 18.1 Å². The van der Waals surface area contributed by atoms with Crippen LogP contribution in [0.25, 0.3) is 11.4 Å². The third-order valence-corrected chi connectivity index (χ3v) is 6.33. The number of nitrogens with zero attached hydrogens (tertiary/aromatic N) is 4. The molecule has 2 aromatic heterocycles. The normalized spacial score (nSPS) is 17.4. The first-order valence-corrected chi connectivity index (χ1v) is 12.2. The molecule has 1 aromatic carbocycles. The molecule has 4 rings (SSSR count). The summed E-state index contributed by atoms with van der Waals surface area (Å²) in [6.45, 7) is 2.34. The molecule has 1 amide bonds. The van der Waals surface area contributed by atoms with Crippen molar-refractivity contribution in [1.82, 2.24) is 25.3 Å². The quantitative estimate of drug-likeness (QED) is 0.459. The molecule has 1 unspecified atom stereocenters. The molecule has 0 saturated heterocycles. The van der Waals surface area contributed by atoms with Crippen molar-refractivity contribution in [2.45, 2.75) is 58.3 Å². The van der Waals surface area contributed by atoms with Gasteiger partial charge in [-0.05, 0) is 49.8 Å². The molecular formula is C26H31N5O5. The van der Waals surface area contributed by atoms with Crippen molar-refractivity contribution in [3.63, 3.8) is 0 Å². The molecule has 2 heterocycles. The maximum atomic E-state index is 12.2. The maximum absolute atomic E-state index is 12.2. The molecule has 10 heteroatoms. The fourth-order valence-electron chi connectivity index (χ4n) is 4.34. The van der Waals surface area contributed by atoms with Crippen LogP contribution in [0.1, 0.15) is 49.6 Å². The van der Waals surface area contributed by atoms with E-state index in [2.05, 4.69) is 15.6 Å². The average molecular weight is 494 g/mol. The maximum Gasteiger partial charge on any atom is 0.407 e. The summed E-state index contributed by atoms with van der Waals surface area (Å²) in [5.41, 5.74) is 3.53. The number of rotatable bonds is 9. The molecule has 0 spiro atoms. The van der Waals surface area contributed by atoms with E-state index < -0.39 is 12.1 Å². The van der Waals surface area contributed by atoms with E-state index in [4.69, 9.17) is 14.5 Å². The molecule has 0 aliphatic heterocycles. The van der Waals surface area contributed by atoms with Gasteiger partial charge in [0.2, 0.25) is 0 Å². The Morgan fingerprint density at radius 2 is 1.97 bits per heavy atom. The third kappa shape index (κ3) is 6.18. The molecule has 2 N–H and O–H groups in total. The first kappa shape index (κ1) is 25.2. The van der Waals surface area contributed by atoms with E-state index in [0.29, 0.717) is 42.1 Å². The minimum absolute atomic E-state index is 0.143. The van der Waals surface area contributed by atoms with E-state index in [0.717, 1.165) is 24.1 Å². The Labute approximate surface area is 209 Å². The lowest BCUT2D eigenvalue weighted by Crippen LogP contribution is -2.29. The van der Waals surface area contributed by atoms with Crippen LogP contribution in [-0.4, -0.2) is 43.3 Å². The standard InChI is InChI=1S/C26H31N5O5/c1-3-20-23(36-19-11-7-10-18(14-19)25(32)33)13-12-21(28-20)24-22(31(2)30-29-24)15-27-26(34)35-16-17-8-5-4-6-9-17/h4-6,8-9,12-13,18-19H,3,7,10-11,14-16H2,1-2H3,(H,27,34)(H,32,33)/t18?,19-/m0/s1. The summed E-state index contributed by atoms with van der Waals surface area (Å²) in [6, 6.07) is 13.1. The van der Waals surface area contributed by atoms with Crippen molar-refractivity contribution < 1.29 is 24.2 Å². The Hall–Kier alpha value is -3.95. The summed E-state index contributed by atoms with van der Waals surface area (Å²) >= 11 is 0. The lowest BCUT2D eigenvalue weighted by molar-refractivity contribution is -0.143. The average Bonchev–Trinajstić information content (AvgIpc) is 3.27. The van der Waals surface area contributed by atoms with Crippen molar-refractivity contribution in [2.24, 2.45) is 13.0 Å². The van der Waals surface area contributed by atoms with Crippen molar-refractivity contribution in [3.05, 3.63) is 59.4 Å². The SMILES string of the molecule is CCc1nc(-c2nnn(C)c2CNC(=O)OCc2ccccc2)ccc1O[C@H]1CCCC(C(=O)O)C1. The van der Waals surface area contributed by atoms with Gasteiger partial charge in [-0.25, -0.2) is 14.5 Å². The molecule has 3 aromatic rings. The zero-order chi connectivity index (χ0) is 25.5. The minimum atomic E-state index is -0.764. The van der Waals surface area contributed by atoms with Crippen LogP contribution in [0.2, 0.25) is 0 Å². The van der Waals surface area contributed by atoms with Crippen molar-refractivity contribution in [3.8, 4) is 17.1 Å². The predicted molar refractivity (Wildman–Crippen MR) is 131 cm³/mol. The van der Waals surface area contributed by atoms with Gasteiger partial charge >= 0.3 is 12.1 Å². The summed E-state index contributed by atoms with van der Waals surface area (Å²) in [4.78, 5) is 28.4. The summed E-state index contributed by atoms with van der Waals surface area (Å²) in [6.07, 6.45) is 2.81. The number of benzene rings is 1. The Kier molecular flexibility index (Phi) is 8.14. The molecule has 36 heavy (non-hydrogen) atoms. The number of carbonyl (C=O) groups excluding carboxylic acids is 1. The summed E-state index contributed by atoms with van der Waals surface area (Å²) in [5.74, 6) is -0.472. The highest BCUT2D eigenvalue weighted by molar-refractivity contribution is 5.70. The Morgan fingerprint density at radius 3 is 2.72 bits per heavy atom. The monoisotopic (exact) mass is 493 g/mol. The van der Waals surface area contributed by atoms with E-state index >= 15 is 0 Å². The van der Waals surface area contributed by atoms with E-state index in [1.165, 1.54) is 0 Å². The Bertz CT molecular complexity index is 1200. The fourth-order valence-corrected chi connectivity index (χ4v) is 4.34. The number of hydrogen-bond acceptors (Lipinski definition) is 7. The van der Waals surface area contributed by atoms with Crippen molar-refractivity contribution in [2.75, 3.05) is 0 Å². The van der Waals surface area contributed by atoms with Gasteiger partial charge in [-0.15, -0.1) is 5.10 Å². The molecule has 2 atom stereocenters. The van der Waals surface area contributed by atoms with Gasteiger partial charge in [0.05, 0.1) is 35.6 Å². The van der Waals surface area contributed by atoms with Gasteiger partial charge in [0, 0.05) is 7.05 Å². The highest BCUT2D eigenvalue weighted by Gasteiger charge is 2.28. The zero-order valence-corrected chi connectivity index (χ0v) is 20.5. The Balaban J connectivity index is 1.42. The number of carboxylic acids is 1. The number of hydrogen-bond donors (Lipinski definition) is 2. The van der Waals surface area contributed by atoms with Crippen LogP contribution >= 0.6 is 0 Å². The lowest BCUT2D eigenvalue weighted by Gasteiger charge is -2.28. The van der Waals surface area contributed by atoms with Gasteiger partial charge in [0.25, 0.3) is 0 Å². The molecule has 0 bridgehead atoms. The number of aliphatic carboxylic acids is 1. The van der Waals surface area contributed by atoms with Crippen LogP contribution in [0.15, 0.2) is 42.5 Å². The van der Waals surface area contributed by atoms with Crippen LogP contribution in [0.4, 0.5) is 4.79 Å². The number of ether oxygens (including phenoxy) is 2. The molecule has 1 saturated carbocycles. The van der Waals surface area contributed by atoms with Crippen LogP contribution < -0.4 is 10.1 Å². The van der Waals surface area contributed by atoms with Gasteiger partial charge in [0.15, 0.2) is 0 Å². The van der Waals surface area contributed by atoms with E-state index in [-0.39, 0.29) is 25.2 Å². The number of amides is 1.